The molecule has 170 valence electrons. The van der Waals surface area contributed by atoms with Crippen molar-refractivity contribution >= 4 is 29.3 Å². The van der Waals surface area contributed by atoms with Crippen LogP contribution in [0.5, 0.6) is 5.75 Å². The van der Waals surface area contributed by atoms with E-state index in [-0.39, 0.29) is 11.7 Å². The maximum Gasteiger partial charge on any atom is 0.233 e. The number of aromatic nitrogens is 3. The van der Waals surface area contributed by atoms with Crippen LogP contribution >= 0.6 is 23.4 Å². The van der Waals surface area contributed by atoms with E-state index in [1.165, 1.54) is 11.8 Å². The highest BCUT2D eigenvalue weighted by Gasteiger charge is 2.18. The van der Waals surface area contributed by atoms with Gasteiger partial charge in [-0.1, -0.05) is 35.5 Å². The summed E-state index contributed by atoms with van der Waals surface area (Å²) in [6.07, 6.45) is 0. The summed E-state index contributed by atoms with van der Waals surface area (Å²) >= 11 is 7.28. The van der Waals surface area contributed by atoms with Crippen molar-refractivity contribution in [2.75, 3.05) is 19.9 Å². The fraction of sp³-hybridized carbons (Fsp3) is 0.208. The van der Waals surface area contributed by atoms with Gasteiger partial charge in [-0.25, -0.2) is 0 Å². The van der Waals surface area contributed by atoms with Crippen molar-refractivity contribution in [3.63, 3.8) is 0 Å². The van der Waals surface area contributed by atoms with Gasteiger partial charge in [0, 0.05) is 17.6 Å². The number of hydrogen-bond donors (Lipinski definition) is 0. The molecule has 0 N–H and O–H groups in total. The maximum atomic E-state index is 12.8. The molecule has 4 rings (SSSR count). The lowest BCUT2D eigenvalue weighted by atomic mass is 10.2. The molecule has 4 aromatic rings. The number of aryl methyl sites for hydroxylation is 1. The third-order valence-electron chi connectivity index (χ3n) is 5.06. The van der Waals surface area contributed by atoms with Gasteiger partial charge in [-0.05, 0) is 55.5 Å². The zero-order valence-electron chi connectivity index (χ0n) is 18.5. The molecule has 0 aliphatic carbocycles. The van der Waals surface area contributed by atoms with Crippen LogP contribution in [0.2, 0.25) is 5.02 Å². The SMILES string of the molecule is COc1ccccc1-n1c(C)nnc1SCC(=O)N(C)Cc1ccc(-c2ccc(Cl)cc2)o1. The van der Waals surface area contributed by atoms with E-state index in [1.807, 2.05) is 72.2 Å². The van der Waals surface area contributed by atoms with Crippen LogP contribution in [-0.4, -0.2) is 45.5 Å². The molecule has 0 saturated carbocycles. The quantitative estimate of drug-likeness (QED) is 0.319. The van der Waals surface area contributed by atoms with Crippen molar-refractivity contribution in [2.45, 2.75) is 18.6 Å². The first-order valence-corrected chi connectivity index (χ1v) is 11.6. The average Bonchev–Trinajstić information content (AvgIpc) is 3.44. The molecule has 0 bridgehead atoms. The lowest BCUT2D eigenvalue weighted by molar-refractivity contribution is -0.127. The van der Waals surface area contributed by atoms with Gasteiger partial charge >= 0.3 is 0 Å². The highest BCUT2D eigenvalue weighted by atomic mass is 35.5. The van der Waals surface area contributed by atoms with E-state index in [0.717, 1.165) is 17.0 Å². The van der Waals surface area contributed by atoms with Gasteiger partial charge in [0.25, 0.3) is 0 Å². The summed E-state index contributed by atoms with van der Waals surface area (Å²) in [4.78, 5) is 14.4. The smallest absolute Gasteiger partial charge is 0.233 e. The zero-order chi connectivity index (χ0) is 23.4. The van der Waals surface area contributed by atoms with Crippen LogP contribution in [0.25, 0.3) is 17.0 Å². The van der Waals surface area contributed by atoms with Crippen LogP contribution in [0.4, 0.5) is 0 Å². The van der Waals surface area contributed by atoms with E-state index in [1.54, 1.807) is 19.1 Å². The molecule has 0 aliphatic heterocycles. The molecule has 0 saturated heterocycles. The summed E-state index contributed by atoms with van der Waals surface area (Å²) in [5.74, 6) is 3.03. The first-order valence-electron chi connectivity index (χ1n) is 10.2. The Labute approximate surface area is 201 Å². The van der Waals surface area contributed by atoms with E-state index in [0.29, 0.717) is 34.1 Å². The molecule has 0 unspecified atom stereocenters. The molecule has 2 aromatic carbocycles. The first kappa shape index (κ1) is 22.9. The van der Waals surface area contributed by atoms with Crippen LogP contribution in [0, 0.1) is 6.92 Å². The van der Waals surface area contributed by atoms with E-state index < -0.39 is 0 Å². The molecule has 9 heteroatoms. The molecule has 7 nitrogen and oxygen atoms in total. The molecule has 0 aliphatic rings. The minimum absolute atomic E-state index is 0.0447. The van der Waals surface area contributed by atoms with Gasteiger partial charge in [0.2, 0.25) is 5.91 Å². The number of carbonyl (C=O) groups excluding carboxylic acids is 1. The number of benzene rings is 2. The summed E-state index contributed by atoms with van der Waals surface area (Å²) in [6.45, 7) is 2.23. The number of thioether (sulfide) groups is 1. The standard InChI is InChI=1S/C24H23ClN4O3S/c1-16-26-27-24(29(16)20-6-4-5-7-22(20)31-3)33-15-23(30)28(2)14-19-12-13-21(32-19)17-8-10-18(25)11-9-17/h4-13H,14-15H2,1-3H3. The van der Waals surface area contributed by atoms with Gasteiger partial charge in [-0.2, -0.15) is 0 Å². The lowest BCUT2D eigenvalue weighted by Gasteiger charge is -2.16. The highest BCUT2D eigenvalue weighted by molar-refractivity contribution is 7.99. The molecule has 2 heterocycles. The summed E-state index contributed by atoms with van der Waals surface area (Å²) in [6, 6.07) is 18.8. The highest BCUT2D eigenvalue weighted by Crippen LogP contribution is 2.29. The largest absolute Gasteiger partial charge is 0.495 e. The van der Waals surface area contributed by atoms with Crippen LogP contribution in [0.3, 0.4) is 0 Å². The predicted molar refractivity (Wildman–Crippen MR) is 129 cm³/mol. The number of rotatable bonds is 8. The molecular weight excluding hydrogens is 460 g/mol. The van der Waals surface area contributed by atoms with Gasteiger partial charge < -0.3 is 14.1 Å². The van der Waals surface area contributed by atoms with Crippen molar-refractivity contribution in [1.29, 1.82) is 0 Å². The van der Waals surface area contributed by atoms with Crippen LogP contribution in [0.15, 0.2) is 70.2 Å². The van der Waals surface area contributed by atoms with Crippen molar-refractivity contribution in [3.8, 4) is 22.8 Å². The first-order chi connectivity index (χ1) is 16.0. The van der Waals surface area contributed by atoms with Crippen molar-refractivity contribution in [1.82, 2.24) is 19.7 Å². The number of amides is 1. The van der Waals surface area contributed by atoms with E-state index in [4.69, 9.17) is 20.8 Å². The van der Waals surface area contributed by atoms with Gasteiger partial charge in [-0.15, -0.1) is 10.2 Å². The number of para-hydroxylation sites is 2. The second-order valence-electron chi connectivity index (χ2n) is 7.35. The molecule has 0 fully saturated rings. The second kappa shape index (κ2) is 10.1. The molecule has 2 aromatic heterocycles. The van der Waals surface area contributed by atoms with Gasteiger partial charge in [0.1, 0.15) is 23.1 Å². The Morgan fingerprint density at radius 1 is 1.12 bits per heavy atom. The van der Waals surface area contributed by atoms with Crippen molar-refractivity contribution in [3.05, 3.63) is 77.3 Å². The molecular formula is C24H23ClN4O3S. The fourth-order valence-electron chi connectivity index (χ4n) is 3.32. The Morgan fingerprint density at radius 3 is 2.64 bits per heavy atom. The fourth-order valence-corrected chi connectivity index (χ4v) is 4.38. The monoisotopic (exact) mass is 482 g/mol. The normalized spacial score (nSPS) is 10.9. The summed E-state index contributed by atoms with van der Waals surface area (Å²) in [5.41, 5.74) is 1.76. The summed E-state index contributed by atoms with van der Waals surface area (Å²) < 4.78 is 13.3. The zero-order valence-corrected chi connectivity index (χ0v) is 20.1. The predicted octanol–water partition coefficient (Wildman–Crippen LogP) is 5.25. The Morgan fingerprint density at radius 2 is 1.88 bits per heavy atom. The number of furan rings is 1. The van der Waals surface area contributed by atoms with Crippen molar-refractivity contribution in [2.24, 2.45) is 0 Å². The number of nitrogens with zero attached hydrogens (tertiary/aromatic N) is 4. The topological polar surface area (TPSA) is 73.4 Å². The second-order valence-corrected chi connectivity index (χ2v) is 8.73. The molecule has 33 heavy (non-hydrogen) atoms. The minimum Gasteiger partial charge on any atom is -0.495 e. The third kappa shape index (κ3) is 5.23. The number of ether oxygens (including phenoxy) is 1. The Balaban J connectivity index is 1.40. The van der Waals surface area contributed by atoms with E-state index in [9.17, 15) is 4.79 Å². The summed E-state index contributed by atoms with van der Waals surface area (Å²) in [5, 5.41) is 9.73. The number of carbonyl (C=O) groups is 1. The van der Waals surface area contributed by atoms with Crippen LogP contribution in [0.1, 0.15) is 11.6 Å². The Kier molecular flexibility index (Phi) is 7.05. The van der Waals surface area contributed by atoms with Gasteiger partial charge in [0.05, 0.1) is 25.1 Å². The maximum absolute atomic E-state index is 12.8. The number of halogens is 1. The van der Waals surface area contributed by atoms with Crippen LogP contribution in [-0.2, 0) is 11.3 Å². The van der Waals surface area contributed by atoms with Crippen LogP contribution < -0.4 is 4.74 Å². The minimum atomic E-state index is -0.0447. The number of methoxy groups -OCH3 is 1. The Hall–Kier alpha value is -3.23. The van der Waals surface area contributed by atoms with Crippen molar-refractivity contribution < 1.29 is 13.9 Å². The molecule has 0 atom stereocenters. The van der Waals surface area contributed by atoms with Gasteiger partial charge in [-0.3, -0.25) is 9.36 Å². The Bertz CT molecular complexity index is 1250. The molecule has 1 amide bonds. The average molecular weight is 483 g/mol. The number of hydrogen-bond acceptors (Lipinski definition) is 6. The molecule has 0 radical (unpaired) electrons. The van der Waals surface area contributed by atoms with E-state index in [2.05, 4.69) is 10.2 Å². The third-order valence-corrected chi connectivity index (χ3v) is 6.22. The molecule has 0 spiro atoms. The van der Waals surface area contributed by atoms with E-state index >= 15 is 0 Å². The van der Waals surface area contributed by atoms with Gasteiger partial charge in [0.15, 0.2) is 5.16 Å². The summed E-state index contributed by atoms with van der Waals surface area (Å²) in [7, 11) is 3.38. The lowest BCUT2D eigenvalue weighted by Crippen LogP contribution is -2.27.